The second kappa shape index (κ2) is 5.51. The van der Waals surface area contributed by atoms with E-state index < -0.39 is 0 Å². The van der Waals surface area contributed by atoms with Crippen molar-refractivity contribution in [2.75, 3.05) is 17.2 Å². The first-order valence-corrected chi connectivity index (χ1v) is 6.31. The summed E-state index contributed by atoms with van der Waals surface area (Å²) in [4.78, 5) is 4.20. The predicted octanol–water partition coefficient (Wildman–Crippen LogP) is 3.71. The number of aromatic nitrogens is 1. The van der Waals surface area contributed by atoms with Crippen molar-refractivity contribution in [2.24, 2.45) is 0 Å². The SMILES string of the molecule is CCCNc1cncc(Nc2ccsc2)c1. The van der Waals surface area contributed by atoms with Gasteiger partial charge in [0.15, 0.2) is 0 Å². The van der Waals surface area contributed by atoms with Crippen LogP contribution in [0.5, 0.6) is 0 Å². The molecule has 0 spiro atoms. The van der Waals surface area contributed by atoms with Gasteiger partial charge in [-0.25, -0.2) is 0 Å². The summed E-state index contributed by atoms with van der Waals surface area (Å²) >= 11 is 1.68. The predicted molar refractivity (Wildman–Crippen MR) is 70.6 cm³/mol. The van der Waals surface area contributed by atoms with Crippen molar-refractivity contribution < 1.29 is 0 Å². The van der Waals surface area contributed by atoms with E-state index in [-0.39, 0.29) is 0 Å². The maximum absolute atomic E-state index is 4.20. The zero-order chi connectivity index (χ0) is 11.2. The lowest BCUT2D eigenvalue weighted by atomic mass is 10.3. The Kier molecular flexibility index (Phi) is 3.77. The molecule has 0 atom stereocenters. The van der Waals surface area contributed by atoms with Crippen molar-refractivity contribution in [1.29, 1.82) is 0 Å². The Morgan fingerprint density at radius 2 is 2.12 bits per heavy atom. The molecule has 0 aliphatic carbocycles. The van der Waals surface area contributed by atoms with Gasteiger partial charge >= 0.3 is 0 Å². The van der Waals surface area contributed by atoms with Gasteiger partial charge in [0.1, 0.15) is 0 Å². The van der Waals surface area contributed by atoms with Gasteiger partial charge in [-0.05, 0) is 23.9 Å². The first-order chi connectivity index (χ1) is 7.88. The highest BCUT2D eigenvalue weighted by atomic mass is 32.1. The molecule has 2 N–H and O–H groups in total. The highest BCUT2D eigenvalue weighted by molar-refractivity contribution is 7.08. The van der Waals surface area contributed by atoms with Gasteiger partial charge in [-0.15, -0.1) is 0 Å². The Labute approximate surface area is 99.5 Å². The van der Waals surface area contributed by atoms with Gasteiger partial charge in [0.2, 0.25) is 0 Å². The topological polar surface area (TPSA) is 37.0 Å². The maximum Gasteiger partial charge on any atom is 0.0591 e. The first kappa shape index (κ1) is 11.0. The zero-order valence-corrected chi connectivity index (χ0v) is 10.1. The van der Waals surface area contributed by atoms with Crippen LogP contribution in [0, 0.1) is 0 Å². The van der Waals surface area contributed by atoms with Crippen LogP contribution < -0.4 is 10.6 Å². The number of thiophene rings is 1. The van der Waals surface area contributed by atoms with Gasteiger partial charge < -0.3 is 10.6 Å². The largest absolute Gasteiger partial charge is 0.384 e. The van der Waals surface area contributed by atoms with Gasteiger partial charge in [-0.1, -0.05) is 6.92 Å². The Balaban J connectivity index is 2.04. The lowest BCUT2D eigenvalue weighted by molar-refractivity contribution is 0.978. The summed E-state index contributed by atoms with van der Waals surface area (Å²) < 4.78 is 0. The molecule has 2 aromatic heterocycles. The molecule has 2 heterocycles. The Hall–Kier alpha value is -1.55. The van der Waals surface area contributed by atoms with Crippen molar-refractivity contribution in [2.45, 2.75) is 13.3 Å². The quantitative estimate of drug-likeness (QED) is 0.826. The van der Waals surface area contributed by atoms with E-state index in [1.165, 1.54) is 0 Å². The number of rotatable bonds is 5. The van der Waals surface area contributed by atoms with Crippen LogP contribution in [0.15, 0.2) is 35.3 Å². The van der Waals surface area contributed by atoms with E-state index in [1.54, 1.807) is 11.3 Å². The minimum Gasteiger partial charge on any atom is -0.384 e. The highest BCUT2D eigenvalue weighted by Crippen LogP contribution is 2.20. The van der Waals surface area contributed by atoms with Gasteiger partial charge in [0, 0.05) is 17.6 Å². The van der Waals surface area contributed by atoms with E-state index in [9.17, 15) is 0 Å². The van der Waals surface area contributed by atoms with Gasteiger partial charge in [0.25, 0.3) is 0 Å². The van der Waals surface area contributed by atoms with Crippen LogP contribution in [0.25, 0.3) is 0 Å². The molecule has 0 aliphatic heterocycles. The lowest BCUT2D eigenvalue weighted by Gasteiger charge is -2.07. The number of hydrogen-bond acceptors (Lipinski definition) is 4. The molecular formula is C12H15N3S. The molecule has 0 radical (unpaired) electrons. The third-order valence-electron chi connectivity index (χ3n) is 2.13. The van der Waals surface area contributed by atoms with Crippen LogP contribution in [0.4, 0.5) is 17.1 Å². The van der Waals surface area contributed by atoms with Gasteiger partial charge in [0.05, 0.1) is 23.8 Å². The summed E-state index contributed by atoms with van der Waals surface area (Å²) in [5, 5.41) is 10.7. The summed E-state index contributed by atoms with van der Waals surface area (Å²) in [5.41, 5.74) is 3.18. The molecule has 0 aromatic carbocycles. The lowest BCUT2D eigenvalue weighted by Crippen LogP contribution is -2.00. The molecule has 0 bridgehead atoms. The van der Waals surface area contributed by atoms with E-state index in [4.69, 9.17) is 0 Å². The van der Waals surface area contributed by atoms with Gasteiger partial charge in [-0.3, -0.25) is 4.98 Å². The number of pyridine rings is 1. The first-order valence-electron chi connectivity index (χ1n) is 5.36. The van der Waals surface area contributed by atoms with Crippen molar-refractivity contribution in [3.05, 3.63) is 35.3 Å². The number of anilines is 3. The molecule has 16 heavy (non-hydrogen) atoms. The average molecular weight is 233 g/mol. The van der Waals surface area contributed by atoms with Crippen molar-refractivity contribution >= 4 is 28.4 Å². The molecule has 2 aromatic rings. The third kappa shape index (κ3) is 2.97. The monoisotopic (exact) mass is 233 g/mol. The van der Waals surface area contributed by atoms with E-state index in [1.807, 2.05) is 12.4 Å². The summed E-state index contributed by atoms with van der Waals surface area (Å²) in [6.07, 6.45) is 4.78. The third-order valence-corrected chi connectivity index (χ3v) is 2.81. The number of hydrogen-bond donors (Lipinski definition) is 2. The summed E-state index contributed by atoms with van der Waals surface area (Å²) in [5.74, 6) is 0. The van der Waals surface area contributed by atoms with Crippen molar-refractivity contribution in [1.82, 2.24) is 4.98 Å². The minimum atomic E-state index is 0.976. The Bertz CT molecular complexity index is 426. The molecule has 0 unspecified atom stereocenters. The van der Waals surface area contributed by atoms with E-state index >= 15 is 0 Å². The van der Waals surface area contributed by atoms with Crippen LogP contribution in [-0.4, -0.2) is 11.5 Å². The Morgan fingerprint density at radius 1 is 1.25 bits per heavy atom. The fraction of sp³-hybridized carbons (Fsp3) is 0.250. The number of nitrogens with zero attached hydrogens (tertiary/aromatic N) is 1. The molecule has 4 heteroatoms. The molecule has 0 saturated carbocycles. The fourth-order valence-electron chi connectivity index (χ4n) is 1.38. The van der Waals surface area contributed by atoms with E-state index in [0.717, 1.165) is 30.0 Å². The van der Waals surface area contributed by atoms with Crippen LogP contribution >= 0.6 is 11.3 Å². The summed E-state index contributed by atoms with van der Waals surface area (Å²) in [6.45, 7) is 3.12. The van der Waals surface area contributed by atoms with Crippen LogP contribution in [0.1, 0.15) is 13.3 Å². The average Bonchev–Trinajstić information content (AvgIpc) is 2.80. The van der Waals surface area contributed by atoms with Crippen molar-refractivity contribution in [3.63, 3.8) is 0 Å². The smallest absolute Gasteiger partial charge is 0.0591 e. The second-order valence-electron chi connectivity index (χ2n) is 3.53. The molecule has 0 amide bonds. The molecule has 0 fully saturated rings. The standard InChI is InChI=1S/C12H15N3S/c1-2-4-14-11-6-12(8-13-7-11)15-10-3-5-16-9-10/h3,5-9,14-15H,2,4H2,1H3. The summed E-state index contributed by atoms with van der Waals surface area (Å²) in [6, 6.07) is 4.12. The molecule has 2 rings (SSSR count). The minimum absolute atomic E-state index is 0.976. The molecule has 84 valence electrons. The highest BCUT2D eigenvalue weighted by Gasteiger charge is 1.97. The molecule has 0 saturated heterocycles. The second-order valence-corrected chi connectivity index (χ2v) is 4.31. The summed E-state index contributed by atoms with van der Waals surface area (Å²) in [7, 11) is 0. The van der Waals surface area contributed by atoms with Crippen LogP contribution in [0.3, 0.4) is 0 Å². The normalized spacial score (nSPS) is 10.1. The number of nitrogens with one attached hydrogen (secondary N) is 2. The van der Waals surface area contributed by atoms with Crippen molar-refractivity contribution in [3.8, 4) is 0 Å². The maximum atomic E-state index is 4.20. The molecule has 0 aliphatic rings. The molecule has 3 nitrogen and oxygen atoms in total. The molecular weight excluding hydrogens is 218 g/mol. The van der Waals surface area contributed by atoms with E-state index in [2.05, 4.69) is 45.4 Å². The van der Waals surface area contributed by atoms with Gasteiger partial charge in [-0.2, -0.15) is 11.3 Å². The fourth-order valence-corrected chi connectivity index (χ4v) is 1.96. The van der Waals surface area contributed by atoms with Crippen LogP contribution in [0.2, 0.25) is 0 Å². The Morgan fingerprint density at radius 3 is 2.88 bits per heavy atom. The van der Waals surface area contributed by atoms with Crippen LogP contribution in [-0.2, 0) is 0 Å². The zero-order valence-electron chi connectivity index (χ0n) is 9.23. The van der Waals surface area contributed by atoms with E-state index in [0.29, 0.717) is 0 Å².